The SMILES string of the molecule is COc1ccc(Cc2c(C)nc(C)nc2N2CCN(C(=O)Nc3ccc(F)c(F)c3)CC2)cc1. The number of anilines is 2. The van der Waals surface area contributed by atoms with Crippen LogP contribution in [-0.2, 0) is 6.42 Å². The highest BCUT2D eigenvalue weighted by molar-refractivity contribution is 5.89. The third-order valence-corrected chi connectivity index (χ3v) is 5.88. The maximum absolute atomic E-state index is 13.4. The molecule has 0 unspecified atom stereocenters. The number of hydrogen-bond acceptors (Lipinski definition) is 5. The second-order valence-corrected chi connectivity index (χ2v) is 8.22. The minimum Gasteiger partial charge on any atom is -0.497 e. The summed E-state index contributed by atoms with van der Waals surface area (Å²) in [5, 5.41) is 2.63. The summed E-state index contributed by atoms with van der Waals surface area (Å²) in [6.07, 6.45) is 0.683. The van der Waals surface area contributed by atoms with Crippen LogP contribution in [0, 0.1) is 25.5 Å². The Morgan fingerprint density at radius 2 is 1.71 bits per heavy atom. The van der Waals surface area contributed by atoms with Crippen LogP contribution in [0.2, 0.25) is 0 Å². The molecule has 4 rings (SSSR count). The fraction of sp³-hybridized carbons (Fsp3) is 0.320. The van der Waals surface area contributed by atoms with E-state index in [1.165, 1.54) is 6.07 Å². The largest absolute Gasteiger partial charge is 0.497 e. The fourth-order valence-corrected chi connectivity index (χ4v) is 4.03. The fourth-order valence-electron chi connectivity index (χ4n) is 4.03. The number of aryl methyl sites for hydroxylation is 2. The van der Waals surface area contributed by atoms with E-state index in [2.05, 4.69) is 15.2 Å². The van der Waals surface area contributed by atoms with Gasteiger partial charge < -0.3 is 19.9 Å². The minimum absolute atomic E-state index is 0.218. The summed E-state index contributed by atoms with van der Waals surface area (Å²) in [5.41, 5.74) is 3.32. The highest BCUT2D eigenvalue weighted by atomic mass is 19.2. The van der Waals surface area contributed by atoms with Gasteiger partial charge in [-0.15, -0.1) is 0 Å². The number of aromatic nitrogens is 2. The van der Waals surface area contributed by atoms with Gasteiger partial charge in [-0.05, 0) is 43.7 Å². The van der Waals surface area contributed by atoms with Gasteiger partial charge in [0.2, 0.25) is 0 Å². The molecule has 0 aliphatic carbocycles. The third-order valence-electron chi connectivity index (χ3n) is 5.88. The molecule has 1 N–H and O–H groups in total. The molecule has 9 heteroatoms. The molecular formula is C25H27F2N5O2. The zero-order valence-electron chi connectivity index (χ0n) is 19.4. The lowest BCUT2D eigenvalue weighted by atomic mass is 10.0. The molecule has 34 heavy (non-hydrogen) atoms. The number of rotatable bonds is 5. The van der Waals surface area contributed by atoms with Crippen molar-refractivity contribution in [1.82, 2.24) is 14.9 Å². The number of amides is 2. The van der Waals surface area contributed by atoms with Crippen molar-refractivity contribution in [3.05, 3.63) is 76.7 Å². The monoisotopic (exact) mass is 467 g/mol. The maximum Gasteiger partial charge on any atom is 0.321 e. The number of carbonyl (C=O) groups excluding carboxylic acids is 1. The zero-order chi connectivity index (χ0) is 24.2. The average Bonchev–Trinajstić information content (AvgIpc) is 2.83. The van der Waals surface area contributed by atoms with Crippen molar-refractivity contribution in [1.29, 1.82) is 0 Å². The first-order chi connectivity index (χ1) is 16.3. The number of halogens is 2. The van der Waals surface area contributed by atoms with Gasteiger partial charge in [-0.2, -0.15) is 0 Å². The van der Waals surface area contributed by atoms with Crippen LogP contribution in [0.15, 0.2) is 42.5 Å². The van der Waals surface area contributed by atoms with E-state index < -0.39 is 11.6 Å². The topological polar surface area (TPSA) is 70.6 Å². The van der Waals surface area contributed by atoms with Crippen molar-refractivity contribution in [2.45, 2.75) is 20.3 Å². The van der Waals surface area contributed by atoms with Crippen LogP contribution in [0.1, 0.15) is 22.6 Å². The number of nitrogens with one attached hydrogen (secondary N) is 1. The van der Waals surface area contributed by atoms with E-state index in [-0.39, 0.29) is 11.7 Å². The van der Waals surface area contributed by atoms with Crippen LogP contribution in [0.5, 0.6) is 5.75 Å². The van der Waals surface area contributed by atoms with Crippen molar-refractivity contribution in [3.63, 3.8) is 0 Å². The number of hydrogen-bond donors (Lipinski definition) is 1. The molecule has 0 spiro atoms. The molecule has 1 aliphatic rings. The Morgan fingerprint density at radius 3 is 2.35 bits per heavy atom. The van der Waals surface area contributed by atoms with Crippen molar-refractivity contribution < 1.29 is 18.3 Å². The Labute approximate surface area is 197 Å². The molecule has 0 saturated carbocycles. The number of piperazine rings is 1. The number of methoxy groups -OCH3 is 1. The Balaban J connectivity index is 1.45. The molecule has 2 aromatic carbocycles. The van der Waals surface area contributed by atoms with Gasteiger partial charge in [-0.3, -0.25) is 0 Å². The molecule has 1 fully saturated rings. The maximum atomic E-state index is 13.4. The molecule has 1 aromatic heterocycles. The summed E-state index contributed by atoms with van der Waals surface area (Å²) >= 11 is 0. The summed E-state index contributed by atoms with van der Waals surface area (Å²) in [4.78, 5) is 25.7. The van der Waals surface area contributed by atoms with Crippen LogP contribution in [0.3, 0.4) is 0 Å². The molecule has 0 atom stereocenters. The third kappa shape index (κ3) is 5.24. The van der Waals surface area contributed by atoms with Gasteiger partial charge in [-0.25, -0.2) is 23.5 Å². The lowest BCUT2D eigenvalue weighted by Gasteiger charge is -2.36. The van der Waals surface area contributed by atoms with Gasteiger partial charge >= 0.3 is 6.03 Å². The summed E-state index contributed by atoms with van der Waals surface area (Å²) in [6.45, 7) is 5.99. The molecule has 7 nitrogen and oxygen atoms in total. The van der Waals surface area contributed by atoms with E-state index in [0.717, 1.165) is 40.5 Å². The first-order valence-electron chi connectivity index (χ1n) is 11.1. The molecule has 0 bridgehead atoms. The Bertz CT molecular complexity index is 1180. The smallest absolute Gasteiger partial charge is 0.321 e. The van der Waals surface area contributed by atoms with E-state index in [9.17, 15) is 13.6 Å². The van der Waals surface area contributed by atoms with E-state index >= 15 is 0 Å². The quantitative estimate of drug-likeness (QED) is 0.605. The van der Waals surface area contributed by atoms with Crippen molar-refractivity contribution in [3.8, 4) is 5.75 Å². The molecule has 3 aromatic rings. The molecule has 0 radical (unpaired) electrons. The number of benzene rings is 2. The normalized spacial score (nSPS) is 13.7. The molecule has 2 heterocycles. The van der Waals surface area contributed by atoms with Crippen molar-refractivity contribution >= 4 is 17.5 Å². The van der Waals surface area contributed by atoms with Crippen LogP contribution >= 0.6 is 0 Å². The first kappa shape index (κ1) is 23.4. The number of urea groups is 1. The molecule has 178 valence electrons. The first-order valence-corrected chi connectivity index (χ1v) is 11.1. The van der Waals surface area contributed by atoms with Gasteiger partial charge in [0, 0.05) is 55.6 Å². The van der Waals surface area contributed by atoms with Crippen molar-refractivity contribution in [2.24, 2.45) is 0 Å². The minimum atomic E-state index is -0.999. The van der Waals surface area contributed by atoms with E-state index in [1.54, 1.807) is 12.0 Å². The second-order valence-electron chi connectivity index (χ2n) is 8.22. The van der Waals surface area contributed by atoms with E-state index in [1.807, 2.05) is 38.1 Å². The van der Waals surface area contributed by atoms with E-state index in [4.69, 9.17) is 9.72 Å². The number of nitrogens with zero attached hydrogens (tertiary/aromatic N) is 4. The lowest BCUT2D eigenvalue weighted by molar-refractivity contribution is 0.208. The van der Waals surface area contributed by atoms with Gasteiger partial charge in [0.25, 0.3) is 0 Å². The van der Waals surface area contributed by atoms with Crippen LogP contribution in [-0.4, -0.2) is 54.2 Å². The summed E-state index contributed by atoms with van der Waals surface area (Å²) in [7, 11) is 1.64. The van der Waals surface area contributed by atoms with Gasteiger partial charge in [0.15, 0.2) is 11.6 Å². The molecule has 1 saturated heterocycles. The highest BCUT2D eigenvalue weighted by Crippen LogP contribution is 2.26. The molecule has 1 aliphatic heterocycles. The average molecular weight is 468 g/mol. The summed E-state index contributed by atoms with van der Waals surface area (Å²) in [6, 6.07) is 10.9. The predicted molar refractivity (Wildman–Crippen MR) is 126 cm³/mol. The van der Waals surface area contributed by atoms with Crippen LogP contribution in [0.4, 0.5) is 25.1 Å². The number of ether oxygens (including phenoxy) is 1. The second kappa shape index (κ2) is 10.0. The van der Waals surface area contributed by atoms with E-state index in [0.29, 0.717) is 38.4 Å². The van der Waals surface area contributed by atoms with Gasteiger partial charge in [0.1, 0.15) is 17.4 Å². The molecular weight excluding hydrogens is 440 g/mol. The number of carbonyl (C=O) groups is 1. The van der Waals surface area contributed by atoms with Crippen molar-refractivity contribution in [2.75, 3.05) is 43.5 Å². The van der Waals surface area contributed by atoms with Crippen LogP contribution < -0.4 is 15.0 Å². The predicted octanol–water partition coefficient (Wildman–Crippen LogP) is 4.33. The van der Waals surface area contributed by atoms with Gasteiger partial charge in [-0.1, -0.05) is 12.1 Å². The zero-order valence-corrected chi connectivity index (χ0v) is 19.4. The van der Waals surface area contributed by atoms with Gasteiger partial charge in [0.05, 0.1) is 7.11 Å². The Hall–Kier alpha value is -3.75. The standard InChI is InChI=1S/C25H27F2N5O2/c1-16-21(14-18-4-7-20(34-3)8-5-18)24(29-17(2)28-16)31-10-12-32(13-11-31)25(33)30-19-6-9-22(26)23(27)15-19/h4-9,15H,10-14H2,1-3H3,(H,30,33). The summed E-state index contributed by atoms with van der Waals surface area (Å²) in [5.74, 6) is 0.429. The molecule has 2 amide bonds. The van der Waals surface area contributed by atoms with Crippen LogP contribution in [0.25, 0.3) is 0 Å². The summed E-state index contributed by atoms with van der Waals surface area (Å²) < 4.78 is 31.8. The Kier molecular flexibility index (Phi) is 6.90. The highest BCUT2D eigenvalue weighted by Gasteiger charge is 2.25. The Morgan fingerprint density at radius 1 is 1.00 bits per heavy atom. The lowest BCUT2D eigenvalue weighted by Crippen LogP contribution is -2.50.